The van der Waals surface area contributed by atoms with Crippen molar-refractivity contribution in [3.63, 3.8) is 0 Å². The molecule has 0 bridgehead atoms. The zero-order valence-corrected chi connectivity index (χ0v) is 11.8. The molecule has 2 aliphatic rings. The molecule has 2 heterocycles. The van der Waals surface area contributed by atoms with Gasteiger partial charge < -0.3 is 18.9 Å². The molecule has 0 aliphatic carbocycles. The molecule has 2 aliphatic heterocycles. The number of rotatable bonds is 8. The molecule has 1 aromatic rings. The smallest absolute Gasteiger partial charge is 0.0830 e. The van der Waals surface area contributed by atoms with Crippen molar-refractivity contribution in [1.29, 1.82) is 0 Å². The quantitative estimate of drug-likeness (QED) is 0.731. The van der Waals surface area contributed by atoms with Crippen LogP contribution in [0.2, 0.25) is 0 Å². The van der Waals surface area contributed by atoms with Crippen LogP contribution in [0.25, 0.3) is 0 Å². The second-order valence-electron chi connectivity index (χ2n) is 5.41. The van der Waals surface area contributed by atoms with Crippen LogP contribution in [0.5, 0.6) is 0 Å². The summed E-state index contributed by atoms with van der Waals surface area (Å²) in [4.78, 5) is 0. The Labute approximate surface area is 120 Å². The topological polar surface area (TPSA) is 36.9 Å². The number of hydrogen-bond donors (Lipinski definition) is 0. The first-order chi connectivity index (χ1) is 9.90. The van der Waals surface area contributed by atoms with Crippen LogP contribution in [0.4, 0.5) is 0 Å². The highest BCUT2D eigenvalue weighted by atomic mass is 16.6. The first kappa shape index (κ1) is 14.0. The maximum Gasteiger partial charge on any atom is 0.0830 e. The van der Waals surface area contributed by atoms with Crippen molar-refractivity contribution in [1.82, 2.24) is 0 Å². The van der Waals surface area contributed by atoms with Gasteiger partial charge in [0.2, 0.25) is 0 Å². The van der Waals surface area contributed by atoms with E-state index >= 15 is 0 Å². The molecular weight excluding hydrogens is 256 g/mol. The number of ether oxygens (including phenoxy) is 4. The van der Waals surface area contributed by atoms with Crippen LogP contribution in [-0.2, 0) is 32.2 Å². The molecule has 20 heavy (non-hydrogen) atoms. The number of benzene rings is 1. The van der Waals surface area contributed by atoms with Crippen molar-refractivity contribution in [3.05, 3.63) is 35.4 Å². The van der Waals surface area contributed by atoms with Gasteiger partial charge in [0.25, 0.3) is 0 Å². The van der Waals surface area contributed by atoms with E-state index in [0.29, 0.717) is 38.6 Å². The molecule has 4 nitrogen and oxygen atoms in total. The van der Waals surface area contributed by atoms with Crippen LogP contribution in [0.3, 0.4) is 0 Å². The SMILES string of the molecule is c1cc(COCC2CCO2)ccc1COCC1CCO1. The van der Waals surface area contributed by atoms with Gasteiger partial charge in [0.05, 0.1) is 38.6 Å². The molecule has 4 heteroatoms. The highest BCUT2D eigenvalue weighted by molar-refractivity contribution is 5.21. The lowest BCUT2D eigenvalue weighted by molar-refractivity contribution is -0.0970. The van der Waals surface area contributed by atoms with E-state index in [1.165, 1.54) is 11.1 Å². The first-order valence-electron chi connectivity index (χ1n) is 7.36. The van der Waals surface area contributed by atoms with E-state index in [-0.39, 0.29) is 0 Å². The molecule has 0 aromatic heterocycles. The van der Waals surface area contributed by atoms with Gasteiger partial charge in [0, 0.05) is 13.2 Å². The van der Waals surface area contributed by atoms with Gasteiger partial charge in [-0.25, -0.2) is 0 Å². The minimum Gasteiger partial charge on any atom is -0.376 e. The third-order valence-electron chi connectivity index (χ3n) is 3.75. The van der Waals surface area contributed by atoms with Crippen LogP contribution in [-0.4, -0.2) is 38.6 Å². The highest BCUT2D eigenvalue weighted by Crippen LogP contribution is 2.14. The summed E-state index contributed by atoms with van der Waals surface area (Å²) in [6, 6.07) is 8.39. The van der Waals surface area contributed by atoms with Gasteiger partial charge in [0.1, 0.15) is 0 Å². The average molecular weight is 278 g/mol. The molecule has 2 fully saturated rings. The first-order valence-corrected chi connectivity index (χ1v) is 7.36. The molecule has 2 saturated heterocycles. The summed E-state index contributed by atoms with van der Waals surface area (Å²) in [5.41, 5.74) is 2.38. The third kappa shape index (κ3) is 4.03. The molecule has 2 unspecified atom stereocenters. The van der Waals surface area contributed by atoms with Crippen molar-refractivity contribution < 1.29 is 18.9 Å². The summed E-state index contributed by atoms with van der Waals surface area (Å²) in [5, 5.41) is 0. The summed E-state index contributed by atoms with van der Waals surface area (Å²) < 4.78 is 21.9. The molecule has 0 N–H and O–H groups in total. The van der Waals surface area contributed by atoms with Crippen LogP contribution >= 0.6 is 0 Å². The number of hydrogen-bond acceptors (Lipinski definition) is 4. The third-order valence-corrected chi connectivity index (χ3v) is 3.75. The Bertz CT molecular complexity index is 356. The van der Waals surface area contributed by atoms with E-state index in [0.717, 1.165) is 26.1 Å². The molecule has 0 saturated carbocycles. The van der Waals surface area contributed by atoms with Gasteiger partial charge in [-0.15, -0.1) is 0 Å². The molecular formula is C16H22O4. The molecule has 110 valence electrons. The second-order valence-corrected chi connectivity index (χ2v) is 5.41. The Morgan fingerprint density at radius 1 is 0.800 bits per heavy atom. The predicted molar refractivity (Wildman–Crippen MR) is 74.5 cm³/mol. The van der Waals surface area contributed by atoms with E-state index < -0.39 is 0 Å². The van der Waals surface area contributed by atoms with Crippen LogP contribution in [0.1, 0.15) is 24.0 Å². The standard InChI is InChI=1S/C16H22O4/c1-2-14(10-18-12-16-6-8-20-16)4-3-13(1)9-17-11-15-5-7-19-15/h1-4,15-16H,5-12H2. The fourth-order valence-corrected chi connectivity index (χ4v) is 2.18. The lowest BCUT2D eigenvalue weighted by Crippen LogP contribution is -2.31. The Morgan fingerprint density at radius 2 is 1.20 bits per heavy atom. The van der Waals surface area contributed by atoms with Crippen LogP contribution in [0.15, 0.2) is 24.3 Å². The van der Waals surface area contributed by atoms with E-state index in [1.807, 2.05) is 0 Å². The van der Waals surface area contributed by atoms with E-state index in [4.69, 9.17) is 18.9 Å². The Kier molecular flexibility index (Phi) is 5.03. The monoisotopic (exact) mass is 278 g/mol. The summed E-state index contributed by atoms with van der Waals surface area (Å²) in [7, 11) is 0. The van der Waals surface area contributed by atoms with Crippen molar-refractivity contribution in [2.24, 2.45) is 0 Å². The van der Waals surface area contributed by atoms with Gasteiger partial charge in [-0.2, -0.15) is 0 Å². The zero-order valence-electron chi connectivity index (χ0n) is 11.8. The normalized spacial score (nSPS) is 25.0. The molecule has 0 radical (unpaired) electrons. The van der Waals surface area contributed by atoms with E-state index in [1.54, 1.807) is 0 Å². The summed E-state index contributed by atoms with van der Waals surface area (Å²) in [6.45, 7) is 4.47. The maximum atomic E-state index is 5.63. The summed E-state index contributed by atoms with van der Waals surface area (Å²) >= 11 is 0. The molecule has 0 amide bonds. The Hall–Kier alpha value is -0.940. The predicted octanol–water partition coefficient (Wildman–Crippen LogP) is 2.30. The fourth-order valence-electron chi connectivity index (χ4n) is 2.18. The van der Waals surface area contributed by atoms with Gasteiger partial charge in [-0.05, 0) is 24.0 Å². The van der Waals surface area contributed by atoms with E-state index in [2.05, 4.69) is 24.3 Å². The Morgan fingerprint density at radius 3 is 1.50 bits per heavy atom. The summed E-state index contributed by atoms with van der Waals surface area (Å²) in [6.07, 6.45) is 2.88. The zero-order chi connectivity index (χ0) is 13.6. The van der Waals surface area contributed by atoms with Crippen LogP contribution in [0, 0.1) is 0 Å². The lowest BCUT2D eigenvalue weighted by atomic mass is 10.1. The largest absolute Gasteiger partial charge is 0.376 e. The lowest BCUT2D eigenvalue weighted by Gasteiger charge is -2.26. The van der Waals surface area contributed by atoms with Gasteiger partial charge in [-0.1, -0.05) is 24.3 Å². The average Bonchev–Trinajstić information content (AvgIpc) is 2.37. The van der Waals surface area contributed by atoms with Crippen molar-refractivity contribution in [2.45, 2.75) is 38.3 Å². The summed E-state index contributed by atoms with van der Waals surface area (Å²) in [5.74, 6) is 0. The molecule has 1 aromatic carbocycles. The van der Waals surface area contributed by atoms with Gasteiger partial charge >= 0.3 is 0 Å². The fraction of sp³-hybridized carbons (Fsp3) is 0.625. The van der Waals surface area contributed by atoms with Crippen molar-refractivity contribution in [3.8, 4) is 0 Å². The minimum absolute atomic E-state index is 0.316. The van der Waals surface area contributed by atoms with Crippen molar-refractivity contribution >= 4 is 0 Å². The van der Waals surface area contributed by atoms with E-state index in [9.17, 15) is 0 Å². The van der Waals surface area contributed by atoms with Crippen LogP contribution < -0.4 is 0 Å². The molecule has 2 atom stereocenters. The second kappa shape index (κ2) is 7.18. The Balaban J connectivity index is 1.33. The highest BCUT2D eigenvalue weighted by Gasteiger charge is 2.18. The molecule has 0 spiro atoms. The van der Waals surface area contributed by atoms with Crippen molar-refractivity contribution in [2.75, 3.05) is 26.4 Å². The molecule has 3 rings (SSSR count). The minimum atomic E-state index is 0.316. The maximum absolute atomic E-state index is 5.63. The van der Waals surface area contributed by atoms with Gasteiger partial charge in [-0.3, -0.25) is 0 Å². The van der Waals surface area contributed by atoms with Gasteiger partial charge in [0.15, 0.2) is 0 Å².